The van der Waals surface area contributed by atoms with Crippen molar-refractivity contribution < 1.29 is 4.79 Å². The Bertz CT molecular complexity index is 538. The summed E-state index contributed by atoms with van der Waals surface area (Å²) < 4.78 is 0. The van der Waals surface area contributed by atoms with Crippen LogP contribution < -0.4 is 11.1 Å². The van der Waals surface area contributed by atoms with Gasteiger partial charge in [-0.2, -0.15) is 0 Å². The van der Waals surface area contributed by atoms with Gasteiger partial charge in [0.2, 0.25) is 5.91 Å². The van der Waals surface area contributed by atoms with E-state index >= 15 is 0 Å². The van der Waals surface area contributed by atoms with Crippen molar-refractivity contribution in [3.63, 3.8) is 0 Å². The second-order valence-electron chi connectivity index (χ2n) is 6.33. The standard InChI is InChI=1S/C16H20Cl2N2O.ClH/c17-11-5-10(6-12(18)7-11)13-8-14(13)15(21)20-16(9-19)3-1-2-4-16;/h5-7,13-14H,1-4,8-9,19H2,(H,20,21);1H. The van der Waals surface area contributed by atoms with Gasteiger partial charge in [0.15, 0.2) is 0 Å². The highest BCUT2D eigenvalue weighted by molar-refractivity contribution is 6.34. The van der Waals surface area contributed by atoms with E-state index in [0.29, 0.717) is 16.6 Å². The van der Waals surface area contributed by atoms with Crippen LogP contribution in [0.2, 0.25) is 10.0 Å². The van der Waals surface area contributed by atoms with Gasteiger partial charge in [0, 0.05) is 22.5 Å². The predicted octanol–water partition coefficient (Wildman–Crippen LogP) is 3.91. The molecular formula is C16H21Cl3N2O. The van der Waals surface area contributed by atoms with Gasteiger partial charge < -0.3 is 11.1 Å². The Morgan fingerprint density at radius 2 is 1.82 bits per heavy atom. The van der Waals surface area contributed by atoms with Gasteiger partial charge >= 0.3 is 0 Å². The van der Waals surface area contributed by atoms with E-state index in [1.807, 2.05) is 12.1 Å². The average Bonchev–Trinajstić information content (AvgIpc) is 3.12. The average molecular weight is 364 g/mol. The molecule has 1 aromatic rings. The summed E-state index contributed by atoms with van der Waals surface area (Å²) in [7, 11) is 0. The van der Waals surface area contributed by atoms with Crippen molar-refractivity contribution in [2.24, 2.45) is 11.7 Å². The van der Waals surface area contributed by atoms with Gasteiger partial charge in [0.25, 0.3) is 0 Å². The Balaban J connectivity index is 0.00000176. The predicted molar refractivity (Wildman–Crippen MR) is 93.0 cm³/mol. The Hall–Kier alpha value is -0.480. The first-order valence-electron chi connectivity index (χ1n) is 7.51. The highest BCUT2D eigenvalue weighted by Gasteiger charge is 2.46. The molecule has 1 amide bonds. The molecule has 6 heteroatoms. The Morgan fingerprint density at radius 3 is 2.36 bits per heavy atom. The fraction of sp³-hybridized carbons (Fsp3) is 0.562. The Kier molecular flexibility index (Phi) is 5.65. The lowest BCUT2D eigenvalue weighted by atomic mass is 9.97. The van der Waals surface area contributed by atoms with E-state index in [-0.39, 0.29) is 35.7 Å². The summed E-state index contributed by atoms with van der Waals surface area (Å²) in [6.45, 7) is 0.527. The summed E-state index contributed by atoms with van der Waals surface area (Å²) in [6.07, 6.45) is 5.15. The van der Waals surface area contributed by atoms with Crippen LogP contribution in [-0.2, 0) is 4.79 Å². The van der Waals surface area contributed by atoms with Gasteiger partial charge in [-0.05, 0) is 48.9 Å². The van der Waals surface area contributed by atoms with Gasteiger partial charge in [-0.1, -0.05) is 36.0 Å². The van der Waals surface area contributed by atoms with E-state index in [2.05, 4.69) is 5.32 Å². The highest BCUT2D eigenvalue weighted by Crippen LogP contribution is 2.49. The summed E-state index contributed by atoms with van der Waals surface area (Å²) in [5, 5.41) is 4.45. The molecule has 0 bridgehead atoms. The van der Waals surface area contributed by atoms with Gasteiger partial charge in [-0.15, -0.1) is 12.4 Å². The number of benzene rings is 1. The quantitative estimate of drug-likeness (QED) is 0.852. The molecule has 3 nitrogen and oxygen atoms in total. The molecule has 1 aromatic carbocycles. The molecule has 0 aliphatic heterocycles. The number of carbonyl (C=O) groups excluding carboxylic acids is 1. The van der Waals surface area contributed by atoms with Crippen LogP contribution in [0.1, 0.15) is 43.6 Å². The van der Waals surface area contributed by atoms with E-state index in [1.165, 1.54) is 0 Å². The van der Waals surface area contributed by atoms with Crippen molar-refractivity contribution in [2.75, 3.05) is 6.54 Å². The van der Waals surface area contributed by atoms with Gasteiger partial charge in [-0.25, -0.2) is 0 Å². The van der Waals surface area contributed by atoms with Crippen LogP contribution in [0.3, 0.4) is 0 Å². The van der Waals surface area contributed by atoms with Crippen LogP contribution in [-0.4, -0.2) is 18.0 Å². The number of nitrogens with two attached hydrogens (primary N) is 1. The lowest BCUT2D eigenvalue weighted by Gasteiger charge is -2.28. The molecule has 3 N–H and O–H groups in total. The Labute approximate surface area is 147 Å². The maximum absolute atomic E-state index is 12.4. The summed E-state index contributed by atoms with van der Waals surface area (Å²) >= 11 is 12.1. The molecule has 2 aliphatic carbocycles. The van der Waals surface area contributed by atoms with Crippen molar-refractivity contribution in [3.8, 4) is 0 Å². The second kappa shape index (κ2) is 6.96. The minimum Gasteiger partial charge on any atom is -0.349 e. The molecular weight excluding hydrogens is 343 g/mol. The zero-order valence-electron chi connectivity index (χ0n) is 12.3. The summed E-state index contributed by atoms with van der Waals surface area (Å²) in [6, 6.07) is 5.52. The third-order valence-electron chi connectivity index (χ3n) is 4.78. The molecule has 3 rings (SSSR count). The Morgan fingerprint density at radius 1 is 1.23 bits per heavy atom. The smallest absolute Gasteiger partial charge is 0.224 e. The number of amides is 1. The zero-order valence-corrected chi connectivity index (χ0v) is 14.6. The van der Waals surface area contributed by atoms with Gasteiger partial charge in [0.05, 0.1) is 5.54 Å². The van der Waals surface area contributed by atoms with Crippen molar-refractivity contribution in [1.29, 1.82) is 0 Å². The van der Waals surface area contributed by atoms with E-state index < -0.39 is 0 Å². The number of rotatable bonds is 4. The number of halogens is 3. The summed E-state index contributed by atoms with van der Waals surface area (Å²) in [5.41, 5.74) is 6.76. The number of hydrogen-bond donors (Lipinski definition) is 2. The fourth-order valence-corrected chi connectivity index (χ4v) is 3.97. The SMILES string of the molecule is Cl.NCC1(NC(=O)C2CC2c2cc(Cl)cc(Cl)c2)CCCC1. The van der Waals surface area contributed by atoms with Crippen LogP contribution in [0.4, 0.5) is 0 Å². The third kappa shape index (κ3) is 3.70. The van der Waals surface area contributed by atoms with Crippen molar-refractivity contribution >= 4 is 41.5 Å². The van der Waals surface area contributed by atoms with E-state index in [0.717, 1.165) is 37.7 Å². The number of nitrogens with one attached hydrogen (secondary N) is 1. The molecule has 122 valence electrons. The normalized spacial score (nSPS) is 25.4. The molecule has 0 heterocycles. The molecule has 0 radical (unpaired) electrons. The van der Waals surface area contributed by atoms with Gasteiger partial charge in [0.1, 0.15) is 0 Å². The van der Waals surface area contributed by atoms with Crippen LogP contribution >= 0.6 is 35.6 Å². The zero-order chi connectivity index (χ0) is 15.0. The van der Waals surface area contributed by atoms with Crippen LogP contribution in [0.15, 0.2) is 18.2 Å². The minimum absolute atomic E-state index is 0. The second-order valence-corrected chi connectivity index (χ2v) is 7.21. The molecule has 0 spiro atoms. The first-order chi connectivity index (χ1) is 10.0. The molecule has 22 heavy (non-hydrogen) atoms. The van der Waals surface area contributed by atoms with Crippen molar-refractivity contribution in [3.05, 3.63) is 33.8 Å². The van der Waals surface area contributed by atoms with Crippen molar-refractivity contribution in [1.82, 2.24) is 5.32 Å². The van der Waals surface area contributed by atoms with E-state index in [4.69, 9.17) is 28.9 Å². The molecule has 0 aromatic heterocycles. The lowest BCUT2D eigenvalue weighted by molar-refractivity contribution is -0.124. The highest BCUT2D eigenvalue weighted by atomic mass is 35.5. The van der Waals surface area contributed by atoms with Gasteiger partial charge in [-0.3, -0.25) is 4.79 Å². The van der Waals surface area contributed by atoms with Crippen LogP contribution in [0.25, 0.3) is 0 Å². The first-order valence-corrected chi connectivity index (χ1v) is 8.27. The molecule has 0 saturated heterocycles. The van der Waals surface area contributed by atoms with E-state index in [9.17, 15) is 4.79 Å². The maximum atomic E-state index is 12.4. The third-order valence-corrected chi connectivity index (χ3v) is 5.22. The summed E-state index contributed by atoms with van der Waals surface area (Å²) in [4.78, 5) is 12.4. The fourth-order valence-electron chi connectivity index (χ4n) is 3.43. The van der Waals surface area contributed by atoms with Crippen LogP contribution in [0, 0.1) is 5.92 Å². The minimum atomic E-state index is -0.170. The largest absolute Gasteiger partial charge is 0.349 e. The molecule has 2 atom stereocenters. The first kappa shape index (κ1) is 17.9. The molecule has 2 aliphatic rings. The molecule has 2 fully saturated rings. The molecule has 2 saturated carbocycles. The maximum Gasteiger partial charge on any atom is 0.224 e. The van der Waals surface area contributed by atoms with E-state index in [1.54, 1.807) is 6.07 Å². The monoisotopic (exact) mass is 362 g/mol. The summed E-state index contributed by atoms with van der Waals surface area (Å²) in [5.74, 6) is 0.393. The number of carbonyl (C=O) groups is 1. The molecule has 2 unspecified atom stereocenters. The van der Waals surface area contributed by atoms with Crippen molar-refractivity contribution in [2.45, 2.75) is 43.6 Å². The van der Waals surface area contributed by atoms with Crippen LogP contribution in [0.5, 0.6) is 0 Å². The number of hydrogen-bond acceptors (Lipinski definition) is 2. The lowest BCUT2D eigenvalue weighted by Crippen LogP contribution is -2.52. The topological polar surface area (TPSA) is 55.1 Å².